The van der Waals surface area contributed by atoms with Crippen LogP contribution in [0.3, 0.4) is 0 Å². The second-order valence-corrected chi connectivity index (χ2v) is 4.09. The number of carbonyl (C=O) groups is 1. The fourth-order valence-corrected chi connectivity index (χ4v) is 1.55. The van der Waals surface area contributed by atoms with Gasteiger partial charge in [-0.05, 0) is 13.0 Å². The van der Waals surface area contributed by atoms with E-state index in [1.54, 1.807) is 26.2 Å². The van der Waals surface area contributed by atoms with Crippen molar-refractivity contribution in [3.05, 3.63) is 35.8 Å². The van der Waals surface area contributed by atoms with Gasteiger partial charge in [0.1, 0.15) is 6.61 Å². The Morgan fingerprint density at radius 3 is 2.80 bits per heavy atom. The van der Waals surface area contributed by atoms with E-state index >= 15 is 0 Å². The summed E-state index contributed by atoms with van der Waals surface area (Å²) in [6.07, 6.45) is 3.02. The molecular weight excluding hydrogens is 260 g/mol. The summed E-state index contributed by atoms with van der Waals surface area (Å²) < 4.78 is 10.2. The highest BCUT2D eigenvalue weighted by Crippen LogP contribution is 2.13. The zero-order chi connectivity index (χ0) is 14.4. The lowest BCUT2D eigenvalue weighted by Crippen LogP contribution is -2.12. The molecule has 20 heavy (non-hydrogen) atoms. The third-order valence-corrected chi connectivity index (χ3v) is 2.61. The Morgan fingerprint density at radius 2 is 2.20 bits per heavy atom. The van der Waals surface area contributed by atoms with Gasteiger partial charge in [-0.25, -0.2) is 4.98 Å². The molecule has 2 heterocycles. The number of carbonyl (C=O) groups excluding carboxylic acids is 1. The number of nitrogens with one attached hydrogen (secondary N) is 2. The van der Waals surface area contributed by atoms with Crippen LogP contribution < -0.4 is 10.1 Å². The van der Waals surface area contributed by atoms with Crippen molar-refractivity contribution in [2.75, 3.05) is 25.6 Å². The normalized spacial score (nSPS) is 10.3. The molecule has 0 aliphatic heterocycles. The van der Waals surface area contributed by atoms with Crippen molar-refractivity contribution in [2.45, 2.75) is 6.92 Å². The van der Waals surface area contributed by atoms with E-state index in [2.05, 4.69) is 20.5 Å². The maximum Gasteiger partial charge on any atom is 0.259 e. The van der Waals surface area contributed by atoms with Gasteiger partial charge in [-0.1, -0.05) is 0 Å². The van der Waals surface area contributed by atoms with Crippen LogP contribution >= 0.6 is 0 Å². The van der Waals surface area contributed by atoms with E-state index in [-0.39, 0.29) is 5.91 Å². The maximum absolute atomic E-state index is 11.9. The number of ether oxygens (including phenoxy) is 2. The largest absolute Gasteiger partial charge is 0.475 e. The van der Waals surface area contributed by atoms with Gasteiger partial charge in [-0.15, -0.1) is 0 Å². The fourth-order valence-electron chi connectivity index (χ4n) is 1.55. The molecule has 0 unspecified atom stereocenters. The lowest BCUT2D eigenvalue weighted by atomic mass is 10.2. The summed E-state index contributed by atoms with van der Waals surface area (Å²) in [7, 11) is 1.60. The monoisotopic (exact) mass is 276 g/mol. The van der Waals surface area contributed by atoms with E-state index in [1.165, 1.54) is 12.4 Å². The van der Waals surface area contributed by atoms with Gasteiger partial charge in [0.05, 0.1) is 30.3 Å². The van der Waals surface area contributed by atoms with E-state index in [9.17, 15) is 4.79 Å². The number of pyridine rings is 1. The Morgan fingerprint density at radius 1 is 1.35 bits per heavy atom. The summed E-state index contributed by atoms with van der Waals surface area (Å²) in [5.74, 6) is 0.255. The molecule has 2 aromatic rings. The molecule has 0 spiro atoms. The first-order valence-electron chi connectivity index (χ1n) is 6.10. The van der Waals surface area contributed by atoms with Crippen LogP contribution in [0.25, 0.3) is 0 Å². The third-order valence-electron chi connectivity index (χ3n) is 2.61. The van der Waals surface area contributed by atoms with Crippen LogP contribution in [-0.4, -0.2) is 41.4 Å². The minimum atomic E-state index is -0.230. The van der Waals surface area contributed by atoms with Crippen LogP contribution in [0.1, 0.15) is 16.1 Å². The Kier molecular flexibility index (Phi) is 4.67. The molecule has 0 saturated heterocycles. The first-order valence-corrected chi connectivity index (χ1v) is 6.10. The summed E-state index contributed by atoms with van der Waals surface area (Å²) in [5.41, 5.74) is 1.81. The highest BCUT2D eigenvalue weighted by Gasteiger charge is 2.11. The zero-order valence-corrected chi connectivity index (χ0v) is 11.3. The second-order valence-electron chi connectivity index (χ2n) is 4.09. The predicted octanol–water partition coefficient (Wildman–Crippen LogP) is 1.39. The lowest BCUT2D eigenvalue weighted by Gasteiger charge is -2.06. The van der Waals surface area contributed by atoms with Gasteiger partial charge in [-0.3, -0.25) is 9.89 Å². The minimum absolute atomic E-state index is 0.230. The average Bonchev–Trinajstić information content (AvgIpc) is 2.87. The summed E-state index contributed by atoms with van der Waals surface area (Å²) in [5, 5.41) is 9.26. The number of nitrogens with zero attached hydrogens (tertiary/aromatic N) is 2. The summed E-state index contributed by atoms with van der Waals surface area (Å²) >= 11 is 0. The molecule has 0 aromatic carbocycles. The van der Waals surface area contributed by atoms with Gasteiger partial charge < -0.3 is 14.8 Å². The van der Waals surface area contributed by atoms with Crippen molar-refractivity contribution in [3.8, 4) is 5.88 Å². The molecule has 7 nitrogen and oxygen atoms in total. The van der Waals surface area contributed by atoms with Crippen LogP contribution in [0.2, 0.25) is 0 Å². The van der Waals surface area contributed by atoms with Crippen LogP contribution in [-0.2, 0) is 4.74 Å². The molecule has 1 amide bonds. The molecule has 106 valence electrons. The number of aryl methyl sites for hydroxylation is 1. The molecule has 0 bridgehead atoms. The van der Waals surface area contributed by atoms with Crippen LogP contribution in [0, 0.1) is 6.92 Å². The molecule has 0 atom stereocenters. The van der Waals surface area contributed by atoms with Crippen LogP contribution in [0.4, 0.5) is 5.69 Å². The molecule has 2 N–H and O–H groups in total. The van der Waals surface area contributed by atoms with E-state index in [0.29, 0.717) is 30.3 Å². The summed E-state index contributed by atoms with van der Waals surface area (Å²) in [6, 6.07) is 3.41. The number of amides is 1. The Hall–Kier alpha value is -2.41. The third kappa shape index (κ3) is 3.55. The number of aromatic amines is 1. The van der Waals surface area contributed by atoms with E-state index < -0.39 is 0 Å². The standard InChI is InChI=1S/C13H16N4O3/c1-9-11(8-15-17-9)13(18)16-10-3-4-12(14-7-10)20-6-5-19-2/h3-4,7-8H,5-6H2,1-2H3,(H,15,17)(H,16,18). The van der Waals surface area contributed by atoms with E-state index in [1.807, 2.05) is 0 Å². The summed E-state index contributed by atoms with van der Waals surface area (Å²) in [6.45, 7) is 2.72. The smallest absolute Gasteiger partial charge is 0.259 e. The minimum Gasteiger partial charge on any atom is -0.475 e. The molecule has 2 rings (SSSR count). The first-order chi connectivity index (χ1) is 9.70. The Labute approximate surface area is 116 Å². The van der Waals surface area contributed by atoms with Gasteiger partial charge in [-0.2, -0.15) is 5.10 Å². The van der Waals surface area contributed by atoms with Crippen molar-refractivity contribution >= 4 is 11.6 Å². The number of hydrogen-bond donors (Lipinski definition) is 2. The molecular formula is C13H16N4O3. The molecule has 0 radical (unpaired) electrons. The summed E-state index contributed by atoms with van der Waals surface area (Å²) in [4.78, 5) is 16.0. The Bertz CT molecular complexity index is 565. The van der Waals surface area contributed by atoms with Crippen molar-refractivity contribution < 1.29 is 14.3 Å². The van der Waals surface area contributed by atoms with Crippen molar-refractivity contribution in [2.24, 2.45) is 0 Å². The SMILES string of the molecule is COCCOc1ccc(NC(=O)c2cn[nH]c2C)cn1. The quantitative estimate of drug-likeness (QED) is 0.778. The van der Waals surface area contributed by atoms with Gasteiger partial charge >= 0.3 is 0 Å². The molecule has 2 aromatic heterocycles. The molecule has 7 heteroatoms. The lowest BCUT2D eigenvalue weighted by molar-refractivity contribution is 0.102. The highest BCUT2D eigenvalue weighted by molar-refractivity contribution is 6.04. The molecule has 0 aliphatic carbocycles. The van der Waals surface area contributed by atoms with Crippen LogP contribution in [0.5, 0.6) is 5.88 Å². The number of rotatable bonds is 6. The fraction of sp³-hybridized carbons (Fsp3) is 0.308. The average molecular weight is 276 g/mol. The highest BCUT2D eigenvalue weighted by atomic mass is 16.5. The number of H-pyrrole nitrogens is 1. The van der Waals surface area contributed by atoms with Gasteiger partial charge in [0, 0.05) is 18.9 Å². The zero-order valence-electron chi connectivity index (χ0n) is 11.3. The van der Waals surface area contributed by atoms with E-state index in [0.717, 1.165) is 5.69 Å². The maximum atomic E-state index is 11.9. The Balaban J connectivity index is 1.93. The van der Waals surface area contributed by atoms with Gasteiger partial charge in [0.15, 0.2) is 0 Å². The second kappa shape index (κ2) is 6.67. The number of anilines is 1. The number of aromatic nitrogens is 3. The molecule has 0 saturated carbocycles. The number of hydrogen-bond acceptors (Lipinski definition) is 5. The van der Waals surface area contributed by atoms with E-state index in [4.69, 9.17) is 9.47 Å². The van der Waals surface area contributed by atoms with Gasteiger partial charge in [0.2, 0.25) is 5.88 Å². The van der Waals surface area contributed by atoms with Gasteiger partial charge in [0.25, 0.3) is 5.91 Å². The van der Waals surface area contributed by atoms with Crippen molar-refractivity contribution in [1.82, 2.24) is 15.2 Å². The van der Waals surface area contributed by atoms with Crippen molar-refractivity contribution in [3.63, 3.8) is 0 Å². The molecule has 0 fully saturated rings. The predicted molar refractivity (Wildman–Crippen MR) is 72.9 cm³/mol. The topological polar surface area (TPSA) is 89.1 Å². The molecule has 0 aliphatic rings. The number of methoxy groups -OCH3 is 1. The van der Waals surface area contributed by atoms with Crippen molar-refractivity contribution in [1.29, 1.82) is 0 Å². The van der Waals surface area contributed by atoms with Crippen LogP contribution in [0.15, 0.2) is 24.5 Å². The first kappa shape index (κ1) is 14.0.